The molecule has 0 saturated heterocycles. The first-order valence-corrected chi connectivity index (χ1v) is 10.9. The van der Waals surface area contributed by atoms with Crippen LogP contribution in [-0.4, -0.2) is 19.9 Å². The molecule has 0 radical (unpaired) electrons. The Bertz CT molecular complexity index is 950. The molecule has 0 fully saturated rings. The van der Waals surface area contributed by atoms with Gasteiger partial charge >= 0.3 is 0 Å². The van der Waals surface area contributed by atoms with Crippen LogP contribution in [0.15, 0.2) is 55.1 Å². The van der Waals surface area contributed by atoms with E-state index in [9.17, 15) is 4.39 Å². The van der Waals surface area contributed by atoms with Gasteiger partial charge in [-0.05, 0) is 48.2 Å². The highest BCUT2D eigenvalue weighted by Crippen LogP contribution is 2.22. The minimum atomic E-state index is -0.222. The van der Waals surface area contributed by atoms with Gasteiger partial charge in [0, 0.05) is 41.3 Å². The predicted molar refractivity (Wildman–Crippen MR) is 131 cm³/mol. The van der Waals surface area contributed by atoms with Crippen LogP contribution in [0.5, 0.6) is 0 Å². The summed E-state index contributed by atoms with van der Waals surface area (Å²) in [5.74, 6) is 0.676. The molecular weight excluding hydrogens is 399 g/mol. The van der Waals surface area contributed by atoms with E-state index in [0.29, 0.717) is 5.69 Å². The Morgan fingerprint density at radius 3 is 1.53 bits per heavy atom. The Morgan fingerprint density at radius 1 is 0.625 bits per heavy atom. The number of hydrogen-bond donors (Lipinski definition) is 0. The molecule has 0 unspecified atom stereocenters. The topological polar surface area (TPSA) is 51.6 Å². The second-order valence-electron chi connectivity index (χ2n) is 10.8. The third-order valence-electron chi connectivity index (χ3n) is 4.47. The van der Waals surface area contributed by atoms with Crippen molar-refractivity contribution >= 4 is 0 Å². The molecule has 32 heavy (non-hydrogen) atoms. The Kier molecular flexibility index (Phi) is 9.62. The number of aromatic nitrogens is 4. The molecule has 0 N–H and O–H groups in total. The van der Waals surface area contributed by atoms with Gasteiger partial charge in [0.15, 0.2) is 0 Å². The van der Waals surface area contributed by atoms with Crippen molar-refractivity contribution in [3.8, 4) is 0 Å². The van der Waals surface area contributed by atoms with Gasteiger partial charge < -0.3 is 0 Å². The quantitative estimate of drug-likeness (QED) is 0.380. The lowest BCUT2D eigenvalue weighted by Gasteiger charge is -2.18. The molecule has 3 heterocycles. The zero-order chi connectivity index (χ0) is 24.6. The van der Waals surface area contributed by atoms with Crippen molar-refractivity contribution in [3.05, 3.63) is 83.7 Å². The number of hydrogen-bond acceptors (Lipinski definition) is 4. The monoisotopic (exact) mass is 438 g/mol. The minimum Gasteiger partial charge on any atom is -0.262 e. The molecule has 3 aromatic rings. The van der Waals surface area contributed by atoms with Crippen LogP contribution in [0.3, 0.4) is 0 Å². The van der Waals surface area contributed by atoms with E-state index in [2.05, 4.69) is 73.6 Å². The first-order chi connectivity index (χ1) is 14.6. The molecule has 5 heteroatoms. The lowest BCUT2D eigenvalue weighted by Crippen LogP contribution is -2.15. The first-order valence-electron chi connectivity index (χ1n) is 10.9. The molecule has 0 bridgehead atoms. The molecule has 0 aliphatic heterocycles. The van der Waals surface area contributed by atoms with Crippen molar-refractivity contribution in [3.63, 3.8) is 0 Å². The van der Waals surface area contributed by atoms with Gasteiger partial charge in [-0.2, -0.15) is 0 Å². The van der Waals surface area contributed by atoms with Crippen LogP contribution < -0.4 is 0 Å². The van der Waals surface area contributed by atoms with Gasteiger partial charge in [-0.25, -0.2) is 14.4 Å². The third kappa shape index (κ3) is 9.63. The van der Waals surface area contributed by atoms with Crippen molar-refractivity contribution in [1.82, 2.24) is 19.9 Å². The average Bonchev–Trinajstić information content (AvgIpc) is 2.68. The summed E-state index contributed by atoms with van der Waals surface area (Å²) in [5.41, 5.74) is 3.09. The molecule has 174 valence electrons. The largest absolute Gasteiger partial charge is 0.262 e. The number of halogens is 1. The van der Waals surface area contributed by atoms with Crippen LogP contribution in [0.2, 0.25) is 0 Å². The van der Waals surface area contributed by atoms with Crippen LogP contribution in [-0.2, 0) is 16.2 Å². The second kappa shape index (κ2) is 11.3. The van der Waals surface area contributed by atoms with Crippen LogP contribution in [0, 0.1) is 12.7 Å². The summed E-state index contributed by atoms with van der Waals surface area (Å²) >= 11 is 0. The molecule has 0 aliphatic rings. The zero-order valence-corrected chi connectivity index (χ0v) is 21.4. The van der Waals surface area contributed by atoms with Gasteiger partial charge in [0.25, 0.3) is 0 Å². The fraction of sp³-hybridized carbons (Fsp3) is 0.481. The summed E-state index contributed by atoms with van der Waals surface area (Å²) in [6.45, 7) is 20.8. The van der Waals surface area contributed by atoms with E-state index in [1.54, 1.807) is 24.7 Å². The van der Waals surface area contributed by atoms with Gasteiger partial charge in [0.05, 0.1) is 5.69 Å². The lowest BCUT2D eigenvalue weighted by atomic mass is 9.87. The number of nitrogens with zero attached hydrogens (tertiary/aromatic N) is 4. The number of rotatable bonds is 0. The SMILES string of the molecule is CC(C)(C)c1ncccc1F.CC(C)(C)c1ncccn1.Cc1cc(C(C)(C)C)ccn1. The van der Waals surface area contributed by atoms with E-state index < -0.39 is 0 Å². The summed E-state index contributed by atoms with van der Waals surface area (Å²) in [4.78, 5) is 16.4. The van der Waals surface area contributed by atoms with E-state index in [1.807, 2.05) is 40.0 Å². The fourth-order valence-corrected chi connectivity index (χ4v) is 2.64. The maximum Gasteiger partial charge on any atom is 0.145 e. The van der Waals surface area contributed by atoms with Gasteiger partial charge in [-0.15, -0.1) is 0 Å². The summed E-state index contributed by atoms with van der Waals surface area (Å²) in [6.07, 6.45) is 7.03. The third-order valence-corrected chi connectivity index (χ3v) is 4.47. The Balaban J connectivity index is 0.000000240. The highest BCUT2D eigenvalue weighted by atomic mass is 19.1. The van der Waals surface area contributed by atoms with E-state index in [4.69, 9.17) is 0 Å². The van der Waals surface area contributed by atoms with Gasteiger partial charge in [0.1, 0.15) is 11.6 Å². The second-order valence-corrected chi connectivity index (χ2v) is 10.8. The maximum atomic E-state index is 13.0. The Morgan fingerprint density at radius 2 is 1.19 bits per heavy atom. The molecule has 4 nitrogen and oxygen atoms in total. The maximum absolute atomic E-state index is 13.0. The molecule has 0 spiro atoms. The highest BCUT2D eigenvalue weighted by Gasteiger charge is 2.19. The molecule has 0 amide bonds. The predicted octanol–water partition coefficient (Wildman–Crippen LogP) is 6.98. The molecule has 3 rings (SSSR count). The number of aryl methyl sites for hydroxylation is 1. The van der Waals surface area contributed by atoms with E-state index in [1.165, 1.54) is 11.6 Å². The lowest BCUT2D eigenvalue weighted by molar-refractivity contribution is 0.503. The van der Waals surface area contributed by atoms with Crippen molar-refractivity contribution in [1.29, 1.82) is 0 Å². The molecule has 3 aromatic heterocycles. The average molecular weight is 439 g/mol. The summed E-state index contributed by atoms with van der Waals surface area (Å²) in [7, 11) is 0. The molecule has 0 saturated carbocycles. The van der Waals surface area contributed by atoms with Crippen molar-refractivity contribution < 1.29 is 4.39 Å². The van der Waals surface area contributed by atoms with Gasteiger partial charge in [0.2, 0.25) is 0 Å². The standard InChI is InChI=1S/C10H15N.C9H12FN.C8H12N2/c1-8-7-9(5-6-11-8)10(2,3)4;1-9(2,3)8-7(10)5-4-6-11-8;1-8(2,3)7-9-5-4-6-10-7/h5-7H,1-4H3;4-6H,1-3H3;4-6H,1-3H3. The Hall–Kier alpha value is -2.69. The van der Waals surface area contributed by atoms with Crippen molar-refractivity contribution in [2.75, 3.05) is 0 Å². The molecular formula is C27H39FN4. The van der Waals surface area contributed by atoms with Crippen LogP contribution in [0.1, 0.15) is 85.1 Å². The van der Waals surface area contributed by atoms with Crippen LogP contribution in [0.4, 0.5) is 4.39 Å². The Labute approximate surface area is 193 Å². The van der Waals surface area contributed by atoms with Crippen LogP contribution in [0.25, 0.3) is 0 Å². The van der Waals surface area contributed by atoms with E-state index >= 15 is 0 Å². The van der Waals surface area contributed by atoms with E-state index in [0.717, 1.165) is 11.5 Å². The normalized spacial score (nSPS) is 11.6. The fourth-order valence-electron chi connectivity index (χ4n) is 2.64. The van der Waals surface area contributed by atoms with Crippen molar-refractivity contribution in [2.24, 2.45) is 0 Å². The van der Waals surface area contributed by atoms with Crippen molar-refractivity contribution in [2.45, 2.75) is 85.5 Å². The minimum absolute atomic E-state index is 0.0707. The summed E-state index contributed by atoms with van der Waals surface area (Å²) < 4.78 is 13.0. The zero-order valence-electron chi connectivity index (χ0n) is 21.4. The first kappa shape index (κ1) is 27.3. The highest BCUT2D eigenvalue weighted by molar-refractivity contribution is 5.22. The van der Waals surface area contributed by atoms with Gasteiger partial charge in [-0.1, -0.05) is 62.3 Å². The molecule has 0 aromatic carbocycles. The van der Waals surface area contributed by atoms with E-state index in [-0.39, 0.29) is 22.1 Å². The molecule has 0 atom stereocenters. The molecule has 0 aliphatic carbocycles. The summed E-state index contributed by atoms with van der Waals surface area (Å²) in [5, 5.41) is 0. The smallest absolute Gasteiger partial charge is 0.145 e. The summed E-state index contributed by atoms with van der Waals surface area (Å²) in [6, 6.07) is 9.08. The van der Waals surface area contributed by atoms with Gasteiger partial charge in [-0.3, -0.25) is 9.97 Å². The number of pyridine rings is 2. The van der Waals surface area contributed by atoms with Crippen LogP contribution >= 0.6 is 0 Å².